The molecule has 0 radical (unpaired) electrons. The van der Waals surface area contributed by atoms with E-state index in [4.69, 9.17) is 4.74 Å². The maximum Gasteiger partial charge on any atom is 0.190 e. The molecule has 4 rings (SSSR count). The highest BCUT2D eigenvalue weighted by atomic mass is 16.5. The van der Waals surface area contributed by atoms with Gasteiger partial charge in [0.2, 0.25) is 0 Å². The van der Waals surface area contributed by atoms with Crippen LogP contribution < -0.4 is 0 Å². The fourth-order valence-corrected chi connectivity index (χ4v) is 4.33. The van der Waals surface area contributed by atoms with Gasteiger partial charge in [-0.2, -0.15) is 0 Å². The fraction of sp³-hybridized carbons (Fsp3) is 0.524. The molecule has 1 aliphatic heterocycles. The smallest absolute Gasteiger partial charge is 0.190 e. The van der Waals surface area contributed by atoms with Gasteiger partial charge in [-0.25, -0.2) is 0 Å². The minimum atomic E-state index is 0.0824. The Bertz CT molecular complexity index is 667. The van der Waals surface area contributed by atoms with Crippen molar-refractivity contribution in [3.63, 3.8) is 0 Å². The van der Waals surface area contributed by atoms with Crippen LogP contribution >= 0.6 is 0 Å². The van der Waals surface area contributed by atoms with E-state index in [0.717, 1.165) is 76.1 Å². The molecular weight excluding hydrogens is 314 g/mol. The summed E-state index contributed by atoms with van der Waals surface area (Å²) >= 11 is 0. The standard InChI is InChI=1S/C21H25NO3/c23-20-16-3-1-2-4-17(16)21(24)19-8-6-15(5-7-18(19)20)9-10-22-11-13-25-14-12-22/h1-4,15H,5-14H2. The lowest BCUT2D eigenvalue weighted by Gasteiger charge is -2.28. The summed E-state index contributed by atoms with van der Waals surface area (Å²) in [6, 6.07) is 7.27. The monoisotopic (exact) mass is 339 g/mol. The van der Waals surface area contributed by atoms with Crippen molar-refractivity contribution in [3.8, 4) is 0 Å². The zero-order valence-corrected chi connectivity index (χ0v) is 14.6. The molecule has 4 nitrogen and oxygen atoms in total. The first-order chi connectivity index (χ1) is 12.2. The molecular formula is C21H25NO3. The highest BCUT2D eigenvalue weighted by Crippen LogP contribution is 2.37. The number of hydrogen-bond donors (Lipinski definition) is 0. The van der Waals surface area contributed by atoms with Crippen LogP contribution in [0.25, 0.3) is 0 Å². The molecule has 4 heteroatoms. The molecule has 0 saturated carbocycles. The Morgan fingerprint density at radius 1 is 0.920 bits per heavy atom. The van der Waals surface area contributed by atoms with Crippen molar-refractivity contribution >= 4 is 11.6 Å². The van der Waals surface area contributed by atoms with Crippen molar-refractivity contribution < 1.29 is 14.3 Å². The van der Waals surface area contributed by atoms with Gasteiger partial charge in [-0.05, 0) is 44.6 Å². The van der Waals surface area contributed by atoms with Crippen LogP contribution in [0.15, 0.2) is 35.4 Å². The lowest BCUT2D eigenvalue weighted by atomic mass is 9.82. The van der Waals surface area contributed by atoms with E-state index in [-0.39, 0.29) is 11.6 Å². The van der Waals surface area contributed by atoms with Gasteiger partial charge in [-0.1, -0.05) is 24.3 Å². The number of ketones is 2. The molecule has 1 aromatic carbocycles. The Morgan fingerprint density at radius 2 is 1.48 bits per heavy atom. The zero-order chi connectivity index (χ0) is 17.2. The van der Waals surface area contributed by atoms with Gasteiger partial charge in [-0.15, -0.1) is 0 Å². The molecule has 0 N–H and O–H groups in total. The molecule has 0 unspecified atom stereocenters. The SMILES string of the molecule is O=C1C2=C(CCC(CCN3CCOCC3)CC2)C(=O)c2ccccc21. The van der Waals surface area contributed by atoms with E-state index in [1.54, 1.807) is 12.1 Å². The number of fused-ring (bicyclic) bond motifs is 1. The van der Waals surface area contributed by atoms with Gasteiger partial charge in [0, 0.05) is 35.4 Å². The predicted molar refractivity (Wildman–Crippen MR) is 96.0 cm³/mol. The van der Waals surface area contributed by atoms with E-state index < -0.39 is 0 Å². The Morgan fingerprint density at radius 3 is 2.04 bits per heavy atom. The van der Waals surface area contributed by atoms with Crippen molar-refractivity contribution in [2.24, 2.45) is 5.92 Å². The van der Waals surface area contributed by atoms with Crippen LogP contribution in [-0.2, 0) is 4.74 Å². The lowest BCUT2D eigenvalue weighted by molar-refractivity contribution is 0.0351. The van der Waals surface area contributed by atoms with Crippen LogP contribution in [0, 0.1) is 5.92 Å². The third kappa shape index (κ3) is 3.33. The summed E-state index contributed by atoms with van der Waals surface area (Å²) in [6.45, 7) is 4.81. The number of Topliss-reactive ketones (excluding diaryl/α,β-unsaturated/α-hetero) is 2. The summed E-state index contributed by atoms with van der Waals surface area (Å²) in [7, 11) is 0. The van der Waals surface area contributed by atoms with Gasteiger partial charge >= 0.3 is 0 Å². The van der Waals surface area contributed by atoms with Crippen molar-refractivity contribution in [2.45, 2.75) is 32.1 Å². The first-order valence-electron chi connectivity index (χ1n) is 9.44. The molecule has 3 aliphatic rings. The Balaban J connectivity index is 1.43. The average molecular weight is 339 g/mol. The molecule has 2 aliphatic carbocycles. The van der Waals surface area contributed by atoms with Gasteiger partial charge in [0.15, 0.2) is 11.6 Å². The summed E-state index contributed by atoms with van der Waals surface area (Å²) in [5.41, 5.74) is 2.77. The number of carbonyl (C=O) groups is 2. The molecule has 1 fully saturated rings. The number of ether oxygens (including phenoxy) is 1. The van der Waals surface area contributed by atoms with Gasteiger partial charge in [0.1, 0.15) is 0 Å². The van der Waals surface area contributed by atoms with Crippen LogP contribution in [0.2, 0.25) is 0 Å². The number of rotatable bonds is 3. The first kappa shape index (κ1) is 16.7. The Kier molecular flexibility index (Phi) is 4.82. The van der Waals surface area contributed by atoms with E-state index in [1.807, 2.05) is 12.1 Å². The van der Waals surface area contributed by atoms with E-state index in [1.165, 1.54) is 0 Å². The van der Waals surface area contributed by atoms with E-state index >= 15 is 0 Å². The van der Waals surface area contributed by atoms with Crippen molar-refractivity contribution in [2.75, 3.05) is 32.8 Å². The fourth-order valence-electron chi connectivity index (χ4n) is 4.33. The third-order valence-electron chi connectivity index (χ3n) is 5.89. The predicted octanol–water partition coefficient (Wildman–Crippen LogP) is 3.27. The Labute approximate surface area is 148 Å². The van der Waals surface area contributed by atoms with Crippen LogP contribution in [0.4, 0.5) is 0 Å². The number of allylic oxidation sites excluding steroid dienone is 2. The molecule has 1 saturated heterocycles. The third-order valence-corrected chi connectivity index (χ3v) is 5.89. The molecule has 132 valence electrons. The van der Waals surface area contributed by atoms with E-state index in [2.05, 4.69) is 4.90 Å². The maximum atomic E-state index is 12.8. The molecule has 25 heavy (non-hydrogen) atoms. The maximum absolute atomic E-state index is 12.8. The first-order valence-corrected chi connectivity index (χ1v) is 9.44. The summed E-state index contributed by atoms with van der Waals surface area (Å²) < 4.78 is 5.41. The molecule has 0 amide bonds. The molecule has 0 atom stereocenters. The number of hydrogen-bond acceptors (Lipinski definition) is 4. The second-order valence-electron chi connectivity index (χ2n) is 7.35. The van der Waals surface area contributed by atoms with E-state index in [9.17, 15) is 9.59 Å². The Hall–Kier alpha value is -1.78. The van der Waals surface area contributed by atoms with Crippen LogP contribution in [-0.4, -0.2) is 49.3 Å². The lowest BCUT2D eigenvalue weighted by Crippen LogP contribution is -2.37. The van der Waals surface area contributed by atoms with E-state index in [0.29, 0.717) is 17.0 Å². The van der Waals surface area contributed by atoms with Crippen molar-refractivity contribution in [1.29, 1.82) is 0 Å². The second kappa shape index (κ2) is 7.22. The minimum absolute atomic E-state index is 0.0824. The second-order valence-corrected chi connectivity index (χ2v) is 7.35. The highest BCUT2D eigenvalue weighted by molar-refractivity contribution is 6.26. The topological polar surface area (TPSA) is 46.6 Å². The molecule has 0 spiro atoms. The number of morpholine rings is 1. The van der Waals surface area contributed by atoms with Crippen LogP contribution in [0.5, 0.6) is 0 Å². The molecule has 0 bridgehead atoms. The quantitative estimate of drug-likeness (QED) is 0.848. The van der Waals surface area contributed by atoms with Gasteiger partial charge in [0.25, 0.3) is 0 Å². The molecule has 1 aromatic rings. The normalized spacial score (nSPS) is 22.6. The number of nitrogens with zero attached hydrogens (tertiary/aromatic N) is 1. The molecule has 1 heterocycles. The largest absolute Gasteiger partial charge is 0.379 e. The van der Waals surface area contributed by atoms with Crippen molar-refractivity contribution in [3.05, 3.63) is 46.5 Å². The minimum Gasteiger partial charge on any atom is -0.379 e. The van der Waals surface area contributed by atoms with Gasteiger partial charge < -0.3 is 4.74 Å². The van der Waals surface area contributed by atoms with Crippen LogP contribution in [0.1, 0.15) is 52.8 Å². The van der Waals surface area contributed by atoms with Crippen LogP contribution in [0.3, 0.4) is 0 Å². The summed E-state index contributed by atoms with van der Waals surface area (Å²) in [6.07, 6.45) is 4.69. The zero-order valence-electron chi connectivity index (χ0n) is 14.6. The highest BCUT2D eigenvalue weighted by Gasteiger charge is 2.33. The molecule has 0 aromatic heterocycles. The average Bonchev–Trinajstić information content (AvgIpc) is 2.88. The summed E-state index contributed by atoms with van der Waals surface area (Å²) in [4.78, 5) is 28.1. The number of carbonyl (C=O) groups excluding carboxylic acids is 2. The van der Waals surface area contributed by atoms with Gasteiger partial charge in [0.05, 0.1) is 13.2 Å². The van der Waals surface area contributed by atoms with Gasteiger partial charge in [-0.3, -0.25) is 14.5 Å². The number of benzene rings is 1. The summed E-state index contributed by atoms with van der Waals surface area (Å²) in [5.74, 6) is 0.759. The summed E-state index contributed by atoms with van der Waals surface area (Å²) in [5, 5.41) is 0. The van der Waals surface area contributed by atoms with Crippen molar-refractivity contribution in [1.82, 2.24) is 4.90 Å².